The molecule has 0 saturated heterocycles. The maximum atomic E-state index is 5.50. The van der Waals surface area contributed by atoms with Gasteiger partial charge in [-0.1, -0.05) is 51.4 Å². The van der Waals surface area contributed by atoms with Crippen molar-refractivity contribution in [3.8, 4) is 0 Å². The lowest BCUT2D eigenvalue weighted by Crippen LogP contribution is -2.24. The van der Waals surface area contributed by atoms with Crippen LogP contribution in [0.4, 0.5) is 17.1 Å². The van der Waals surface area contributed by atoms with Crippen LogP contribution in [-0.4, -0.2) is 23.1 Å². The Bertz CT molecular complexity index is 1340. The van der Waals surface area contributed by atoms with Crippen molar-refractivity contribution in [2.45, 2.75) is 38.5 Å². The quantitative estimate of drug-likeness (QED) is 0.199. The lowest BCUT2D eigenvalue weighted by atomic mass is 9.87. The summed E-state index contributed by atoms with van der Waals surface area (Å²) in [6, 6.07) is 21.0. The number of hydrogen-bond donors (Lipinski definition) is 1. The zero-order valence-electron chi connectivity index (χ0n) is 21.5. The van der Waals surface area contributed by atoms with Crippen LogP contribution < -0.4 is 10.2 Å². The minimum absolute atomic E-state index is 0.197. The summed E-state index contributed by atoms with van der Waals surface area (Å²) >= 11 is 10.2. The molecule has 0 radical (unpaired) electrons. The molecule has 4 nitrogen and oxygen atoms in total. The van der Waals surface area contributed by atoms with Crippen LogP contribution in [0.15, 0.2) is 85.5 Å². The number of pyridine rings is 2. The number of hydrogen-bond acceptors (Lipinski definition) is 4. The number of fused-ring (bicyclic) bond motifs is 2. The fourth-order valence-electron chi connectivity index (χ4n) is 4.62. The van der Waals surface area contributed by atoms with Gasteiger partial charge in [-0.15, -0.1) is 0 Å². The second kappa shape index (κ2) is 11.9. The van der Waals surface area contributed by atoms with E-state index in [1.807, 2.05) is 12.4 Å². The zero-order valence-corrected chi connectivity index (χ0v) is 26.5. The summed E-state index contributed by atoms with van der Waals surface area (Å²) in [6.07, 6.45) is 7.02. The highest BCUT2D eigenvalue weighted by Crippen LogP contribution is 2.44. The molecule has 0 fully saturated rings. The Kier molecular flexibility index (Phi) is 9.01. The van der Waals surface area contributed by atoms with Crippen LogP contribution in [0.3, 0.4) is 0 Å². The molecule has 0 saturated carbocycles. The van der Waals surface area contributed by atoms with Crippen LogP contribution in [0, 0.1) is 7.14 Å². The topological polar surface area (TPSA) is 41.1 Å². The smallest absolute Gasteiger partial charge is 0.0460 e. The van der Waals surface area contributed by atoms with Crippen LogP contribution in [0.1, 0.15) is 38.8 Å². The maximum absolute atomic E-state index is 5.50. The fourth-order valence-corrected chi connectivity index (χ4v) is 5.70. The molecule has 0 amide bonds. The molecule has 1 N–H and O–H groups in total. The second-order valence-corrected chi connectivity index (χ2v) is 13.4. The lowest BCUT2D eigenvalue weighted by Gasteiger charge is -2.22. The highest BCUT2D eigenvalue weighted by molar-refractivity contribution is 14.1. The number of rotatable bonds is 1. The number of benzene rings is 2. The summed E-state index contributed by atoms with van der Waals surface area (Å²) < 4.78 is 2.58. The molecule has 7 heteroatoms. The van der Waals surface area contributed by atoms with Crippen molar-refractivity contribution in [3.63, 3.8) is 0 Å². The molecule has 6 rings (SSSR count). The Morgan fingerprint density at radius 1 is 0.757 bits per heavy atom. The third-order valence-electron chi connectivity index (χ3n) is 6.58. The minimum Gasteiger partial charge on any atom is -0.384 e. The molecule has 0 unspecified atom stereocenters. The molecule has 0 spiro atoms. The maximum Gasteiger partial charge on any atom is 0.0460 e. The highest BCUT2D eigenvalue weighted by atomic mass is 127. The van der Waals surface area contributed by atoms with Crippen molar-refractivity contribution in [1.82, 2.24) is 9.97 Å². The largest absolute Gasteiger partial charge is 0.384 e. The van der Waals surface area contributed by atoms with Crippen molar-refractivity contribution in [3.05, 3.63) is 109 Å². The summed E-state index contributed by atoms with van der Waals surface area (Å²) in [5.41, 5.74) is 7.24. The lowest BCUT2D eigenvalue weighted by molar-refractivity contribution is 0.569. The number of nitrogens with zero attached hydrogens (tertiary/aromatic N) is 3. The molecular weight excluding hydrogens is 706 g/mol. The molecule has 0 aliphatic carbocycles. The average Bonchev–Trinajstić information content (AvgIpc) is 3.32. The first kappa shape index (κ1) is 28.1. The van der Waals surface area contributed by atoms with E-state index in [1.54, 1.807) is 24.5 Å². The van der Waals surface area contributed by atoms with E-state index in [-0.39, 0.29) is 5.41 Å². The van der Waals surface area contributed by atoms with Crippen LogP contribution in [0.2, 0.25) is 5.02 Å². The van der Waals surface area contributed by atoms with Gasteiger partial charge in [-0.3, -0.25) is 9.97 Å². The molecule has 4 heterocycles. The third-order valence-corrected chi connectivity index (χ3v) is 8.17. The van der Waals surface area contributed by atoms with Gasteiger partial charge in [0.25, 0.3) is 0 Å². The monoisotopic (exact) mass is 736 g/mol. The minimum atomic E-state index is 0.197. The van der Waals surface area contributed by atoms with Gasteiger partial charge < -0.3 is 10.2 Å². The predicted octanol–water partition coefficient (Wildman–Crippen LogP) is 8.84. The van der Waals surface area contributed by atoms with E-state index in [0.717, 1.165) is 18.1 Å². The third kappa shape index (κ3) is 6.95. The molecule has 2 aliphatic rings. The highest BCUT2D eigenvalue weighted by Gasteiger charge is 2.35. The van der Waals surface area contributed by atoms with E-state index < -0.39 is 0 Å². The zero-order chi connectivity index (χ0) is 26.6. The van der Waals surface area contributed by atoms with Gasteiger partial charge in [0.05, 0.1) is 0 Å². The van der Waals surface area contributed by atoms with Gasteiger partial charge in [-0.05, 0) is 105 Å². The van der Waals surface area contributed by atoms with Crippen LogP contribution in [-0.2, 0) is 10.8 Å². The summed E-state index contributed by atoms with van der Waals surface area (Å²) in [6.45, 7) is 11.2. The van der Waals surface area contributed by atoms with Gasteiger partial charge in [0.2, 0.25) is 0 Å². The first-order valence-electron chi connectivity index (χ1n) is 12.1. The van der Waals surface area contributed by atoms with E-state index in [0.29, 0.717) is 5.41 Å². The average molecular weight is 737 g/mol. The molecule has 2 aliphatic heterocycles. The van der Waals surface area contributed by atoms with Crippen molar-refractivity contribution >= 4 is 73.8 Å². The first-order chi connectivity index (χ1) is 17.6. The predicted molar refractivity (Wildman–Crippen MR) is 173 cm³/mol. The SMILES string of the molecule is CC1(C)CN(c2ccncc2)c2cc(I)ccc21.CC1(C)CNc2cc(I)ccc21.Clc1ccncc1. The summed E-state index contributed by atoms with van der Waals surface area (Å²) in [5, 5.41) is 4.16. The van der Waals surface area contributed by atoms with Gasteiger partial charge in [-0.25, -0.2) is 0 Å². The van der Waals surface area contributed by atoms with Crippen molar-refractivity contribution in [2.75, 3.05) is 23.3 Å². The van der Waals surface area contributed by atoms with Gasteiger partial charge >= 0.3 is 0 Å². The fraction of sp³-hybridized carbons (Fsp3) is 0.267. The standard InChI is InChI=1S/C15H15IN2.C10H12IN.C5H4ClN/c1-15(2)10-18(12-5-7-17-8-6-12)14-9-11(16)3-4-13(14)15;1-10(2)6-12-9-5-7(11)3-4-8(9)10;6-5-1-3-7-4-2-5/h3-9H,10H2,1-2H3;3-5,12H,6H2,1-2H3;1-4H. The molecular formula is C30H31ClI2N4. The molecule has 2 aromatic heterocycles. The first-order valence-corrected chi connectivity index (χ1v) is 14.7. The van der Waals surface area contributed by atoms with Gasteiger partial charge in [0, 0.05) is 77.9 Å². The van der Waals surface area contributed by atoms with Gasteiger partial charge in [-0.2, -0.15) is 0 Å². The van der Waals surface area contributed by atoms with Crippen molar-refractivity contribution in [2.24, 2.45) is 0 Å². The van der Waals surface area contributed by atoms with E-state index in [1.165, 1.54) is 35.3 Å². The van der Waals surface area contributed by atoms with Crippen LogP contribution >= 0.6 is 56.8 Å². The summed E-state index contributed by atoms with van der Waals surface area (Å²) in [5.74, 6) is 0. The Balaban J connectivity index is 0.000000144. The number of aromatic nitrogens is 2. The molecule has 192 valence electrons. The Hall–Kier alpha value is -1.91. The number of nitrogens with one attached hydrogen (secondary N) is 1. The van der Waals surface area contributed by atoms with Crippen molar-refractivity contribution < 1.29 is 0 Å². The molecule has 37 heavy (non-hydrogen) atoms. The second-order valence-electron chi connectivity index (χ2n) is 10.4. The molecule has 0 atom stereocenters. The summed E-state index contributed by atoms with van der Waals surface area (Å²) in [7, 11) is 0. The Labute approximate surface area is 252 Å². The van der Waals surface area contributed by atoms with E-state index in [4.69, 9.17) is 11.6 Å². The van der Waals surface area contributed by atoms with Gasteiger partial charge in [0.15, 0.2) is 0 Å². The normalized spacial score (nSPS) is 15.8. The summed E-state index contributed by atoms with van der Waals surface area (Å²) in [4.78, 5) is 10.2. The molecule has 4 aromatic rings. The van der Waals surface area contributed by atoms with E-state index in [2.05, 4.69) is 142 Å². The van der Waals surface area contributed by atoms with Gasteiger partial charge in [0.1, 0.15) is 0 Å². The molecule has 0 bridgehead atoms. The van der Waals surface area contributed by atoms with E-state index in [9.17, 15) is 0 Å². The number of halogens is 3. The van der Waals surface area contributed by atoms with Crippen LogP contribution in [0.25, 0.3) is 0 Å². The van der Waals surface area contributed by atoms with E-state index >= 15 is 0 Å². The Morgan fingerprint density at radius 3 is 1.92 bits per heavy atom. The molecule has 2 aromatic carbocycles. The van der Waals surface area contributed by atoms with Crippen LogP contribution in [0.5, 0.6) is 0 Å². The Morgan fingerprint density at radius 2 is 1.32 bits per heavy atom. The number of anilines is 3. The van der Waals surface area contributed by atoms with Crippen molar-refractivity contribution in [1.29, 1.82) is 0 Å².